The highest BCUT2D eigenvalue weighted by Crippen LogP contribution is 2.24. The Labute approximate surface area is 164 Å². The Hall–Kier alpha value is -1.37. The lowest BCUT2D eigenvalue weighted by Crippen LogP contribution is -2.46. The molecule has 144 valence electrons. The van der Waals surface area contributed by atoms with Crippen molar-refractivity contribution in [3.8, 4) is 0 Å². The van der Waals surface area contributed by atoms with Crippen LogP contribution in [0.4, 0.5) is 4.39 Å². The number of nitrogens with one attached hydrogen (secondary N) is 2. The van der Waals surface area contributed by atoms with E-state index in [0.29, 0.717) is 19.6 Å². The van der Waals surface area contributed by atoms with Gasteiger partial charge in [-0.15, -0.1) is 12.4 Å². The summed E-state index contributed by atoms with van der Waals surface area (Å²) >= 11 is 6.00. The standard InChI is InChI=1S/C18H23ClFN3O2.ClH/c19-13-5-1-6-14(20)16(13)18(25)23-9-3-4-12(11-23)10-22-17(24)15-7-2-8-21-15;/h1,5-6,12,15,21H,2-4,7-11H2,(H,22,24);1H. The Balaban J connectivity index is 0.00000243. The molecule has 3 rings (SSSR count). The van der Waals surface area contributed by atoms with E-state index in [1.54, 1.807) is 4.90 Å². The largest absolute Gasteiger partial charge is 0.354 e. The molecule has 0 radical (unpaired) electrons. The van der Waals surface area contributed by atoms with Crippen molar-refractivity contribution in [1.29, 1.82) is 0 Å². The van der Waals surface area contributed by atoms with Gasteiger partial charge in [0.1, 0.15) is 5.82 Å². The summed E-state index contributed by atoms with van der Waals surface area (Å²) in [4.78, 5) is 26.4. The van der Waals surface area contributed by atoms with Gasteiger partial charge in [0, 0.05) is 19.6 Å². The molecular weight excluding hydrogens is 380 g/mol. The minimum atomic E-state index is -0.597. The number of hydrogen-bond acceptors (Lipinski definition) is 3. The molecule has 0 saturated carbocycles. The summed E-state index contributed by atoms with van der Waals surface area (Å²) in [6.07, 6.45) is 3.66. The van der Waals surface area contributed by atoms with Crippen molar-refractivity contribution < 1.29 is 14.0 Å². The van der Waals surface area contributed by atoms with Crippen LogP contribution < -0.4 is 10.6 Å². The molecule has 2 amide bonds. The van der Waals surface area contributed by atoms with Gasteiger partial charge >= 0.3 is 0 Å². The molecule has 1 aromatic carbocycles. The first-order chi connectivity index (χ1) is 12.1. The summed E-state index contributed by atoms with van der Waals surface area (Å²) in [6.45, 7) is 2.50. The summed E-state index contributed by atoms with van der Waals surface area (Å²) in [7, 11) is 0. The van der Waals surface area contributed by atoms with Crippen molar-refractivity contribution >= 4 is 35.8 Å². The predicted molar refractivity (Wildman–Crippen MR) is 101 cm³/mol. The molecule has 2 aliphatic rings. The van der Waals surface area contributed by atoms with Crippen LogP contribution in [0, 0.1) is 11.7 Å². The molecule has 2 unspecified atom stereocenters. The SMILES string of the molecule is Cl.O=C(NCC1CCCN(C(=O)c2c(F)cccc2Cl)C1)C1CCCN1. The second kappa shape index (κ2) is 9.53. The molecule has 26 heavy (non-hydrogen) atoms. The summed E-state index contributed by atoms with van der Waals surface area (Å²) < 4.78 is 14.0. The predicted octanol–water partition coefficient (Wildman–Crippen LogP) is 2.62. The van der Waals surface area contributed by atoms with Gasteiger partial charge in [-0.2, -0.15) is 0 Å². The highest BCUT2D eigenvalue weighted by Gasteiger charge is 2.28. The van der Waals surface area contributed by atoms with Gasteiger partial charge in [0.25, 0.3) is 5.91 Å². The van der Waals surface area contributed by atoms with E-state index in [-0.39, 0.29) is 46.8 Å². The number of piperidine rings is 1. The molecule has 2 saturated heterocycles. The Morgan fingerprint density at radius 1 is 1.31 bits per heavy atom. The number of benzene rings is 1. The number of likely N-dealkylation sites (tertiary alicyclic amines) is 1. The Bertz CT molecular complexity index is 633. The summed E-state index contributed by atoms with van der Waals surface area (Å²) in [6, 6.07) is 4.15. The molecule has 1 aromatic rings. The summed E-state index contributed by atoms with van der Waals surface area (Å²) in [5, 5.41) is 6.28. The maximum atomic E-state index is 14.0. The number of carbonyl (C=O) groups excluding carboxylic acids is 2. The second-order valence-corrected chi connectivity index (χ2v) is 7.16. The van der Waals surface area contributed by atoms with Gasteiger partial charge in [0.15, 0.2) is 0 Å². The first-order valence-electron chi connectivity index (χ1n) is 8.80. The van der Waals surface area contributed by atoms with Crippen LogP contribution in [-0.4, -0.2) is 48.9 Å². The quantitative estimate of drug-likeness (QED) is 0.811. The summed E-state index contributed by atoms with van der Waals surface area (Å²) in [5.74, 6) is -0.775. The molecular formula is C18H24Cl2FN3O2. The number of halogens is 3. The molecule has 0 aliphatic carbocycles. The van der Waals surface area contributed by atoms with Crippen molar-refractivity contribution in [3.05, 3.63) is 34.6 Å². The van der Waals surface area contributed by atoms with Crippen LogP contribution in [-0.2, 0) is 4.79 Å². The molecule has 2 N–H and O–H groups in total. The van der Waals surface area contributed by atoms with Crippen LogP contribution >= 0.6 is 24.0 Å². The van der Waals surface area contributed by atoms with E-state index in [1.165, 1.54) is 18.2 Å². The lowest BCUT2D eigenvalue weighted by Gasteiger charge is -2.33. The fraction of sp³-hybridized carbons (Fsp3) is 0.556. The van der Waals surface area contributed by atoms with E-state index in [0.717, 1.165) is 32.2 Å². The average molecular weight is 404 g/mol. The Kier molecular flexibility index (Phi) is 7.68. The van der Waals surface area contributed by atoms with Gasteiger partial charge in [-0.1, -0.05) is 17.7 Å². The minimum Gasteiger partial charge on any atom is -0.354 e. The monoisotopic (exact) mass is 403 g/mol. The normalized spacial score (nSPS) is 22.6. The Morgan fingerprint density at radius 3 is 2.81 bits per heavy atom. The fourth-order valence-electron chi connectivity index (χ4n) is 3.55. The highest BCUT2D eigenvalue weighted by molar-refractivity contribution is 6.33. The van der Waals surface area contributed by atoms with Crippen molar-refractivity contribution in [2.24, 2.45) is 5.92 Å². The zero-order valence-electron chi connectivity index (χ0n) is 14.5. The van der Waals surface area contributed by atoms with Crippen molar-refractivity contribution in [1.82, 2.24) is 15.5 Å². The molecule has 8 heteroatoms. The fourth-order valence-corrected chi connectivity index (χ4v) is 3.80. The first-order valence-corrected chi connectivity index (χ1v) is 9.18. The van der Waals surface area contributed by atoms with Crippen molar-refractivity contribution in [2.45, 2.75) is 31.7 Å². The number of amides is 2. The van der Waals surface area contributed by atoms with Crippen LogP contribution in [0.5, 0.6) is 0 Å². The van der Waals surface area contributed by atoms with Crippen LogP contribution in [0.1, 0.15) is 36.0 Å². The first kappa shape index (κ1) is 20.9. The van der Waals surface area contributed by atoms with E-state index < -0.39 is 5.82 Å². The van der Waals surface area contributed by atoms with E-state index in [9.17, 15) is 14.0 Å². The van der Waals surface area contributed by atoms with Gasteiger partial charge < -0.3 is 15.5 Å². The lowest BCUT2D eigenvalue weighted by atomic mass is 9.97. The third-order valence-corrected chi connectivity index (χ3v) is 5.24. The third-order valence-electron chi connectivity index (χ3n) is 4.92. The molecule has 2 atom stereocenters. The van der Waals surface area contributed by atoms with Crippen molar-refractivity contribution in [3.63, 3.8) is 0 Å². The molecule has 2 fully saturated rings. The van der Waals surface area contributed by atoms with Crippen LogP contribution in [0.3, 0.4) is 0 Å². The van der Waals surface area contributed by atoms with Crippen LogP contribution in [0.15, 0.2) is 18.2 Å². The Morgan fingerprint density at radius 2 is 2.12 bits per heavy atom. The second-order valence-electron chi connectivity index (χ2n) is 6.75. The molecule has 0 aromatic heterocycles. The van der Waals surface area contributed by atoms with Gasteiger partial charge in [0.2, 0.25) is 5.91 Å². The van der Waals surface area contributed by atoms with Crippen LogP contribution in [0.25, 0.3) is 0 Å². The van der Waals surface area contributed by atoms with E-state index >= 15 is 0 Å². The van der Waals surface area contributed by atoms with Gasteiger partial charge in [-0.3, -0.25) is 9.59 Å². The molecule has 2 heterocycles. The molecule has 0 spiro atoms. The molecule has 5 nitrogen and oxygen atoms in total. The minimum absolute atomic E-state index is 0. The number of nitrogens with zero attached hydrogens (tertiary/aromatic N) is 1. The zero-order valence-corrected chi connectivity index (χ0v) is 16.0. The number of hydrogen-bond donors (Lipinski definition) is 2. The summed E-state index contributed by atoms with van der Waals surface area (Å²) in [5.41, 5.74) is -0.0657. The van der Waals surface area contributed by atoms with Gasteiger partial charge in [-0.25, -0.2) is 4.39 Å². The molecule has 0 bridgehead atoms. The highest BCUT2D eigenvalue weighted by atomic mass is 35.5. The molecule has 2 aliphatic heterocycles. The van der Waals surface area contributed by atoms with Crippen molar-refractivity contribution in [2.75, 3.05) is 26.2 Å². The number of rotatable bonds is 4. The maximum Gasteiger partial charge on any atom is 0.258 e. The van der Waals surface area contributed by atoms with Gasteiger partial charge in [0.05, 0.1) is 16.6 Å². The van der Waals surface area contributed by atoms with E-state index in [4.69, 9.17) is 11.6 Å². The van der Waals surface area contributed by atoms with E-state index in [1.807, 2.05) is 0 Å². The van der Waals surface area contributed by atoms with Crippen LogP contribution in [0.2, 0.25) is 5.02 Å². The zero-order chi connectivity index (χ0) is 17.8. The van der Waals surface area contributed by atoms with Gasteiger partial charge in [-0.05, 0) is 50.3 Å². The lowest BCUT2D eigenvalue weighted by molar-refractivity contribution is -0.123. The smallest absolute Gasteiger partial charge is 0.258 e. The average Bonchev–Trinajstić information content (AvgIpc) is 3.14. The number of carbonyl (C=O) groups is 2. The van der Waals surface area contributed by atoms with E-state index in [2.05, 4.69) is 10.6 Å². The topological polar surface area (TPSA) is 61.4 Å². The third kappa shape index (κ3) is 4.87. The maximum absolute atomic E-state index is 14.0.